The van der Waals surface area contributed by atoms with Crippen LogP contribution in [0.2, 0.25) is 0 Å². The van der Waals surface area contributed by atoms with Crippen molar-refractivity contribution >= 4 is 54.9 Å². The zero-order valence-corrected chi connectivity index (χ0v) is 29.5. The molecule has 0 nitrogen and oxygen atoms in total. The second kappa shape index (κ2) is 11.0. The summed E-state index contributed by atoms with van der Waals surface area (Å²) >= 11 is 1.97. The molecule has 0 aliphatic heterocycles. The Hall–Kier alpha value is -6.41. The number of hydrogen-bond acceptors (Lipinski definition) is 1. The SMILES string of the molecule is c1ccc(-c2c3c(c(Sc4c5c(c(-c6ccccc6)c6ccccc46)-c4cccc6cccc-5c46)c4ccccc24)-c2cccc4cccc-3c24)cc1. The van der Waals surface area contributed by atoms with E-state index in [0.717, 1.165) is 0 Å². The summed E-state index contributed by atoms with van der Waals surface area (Å²) in [4.78, 5) is 2.64. The van der Waals surface area contributed by atoms with Crippen LogP contribution in [0.4, 0.5) is 0 Å². The monoisotopic (exact) mass is 686 g/mol. The molecule has 0 N–H and O–H groups in total. The predicted molar refractivity (Wildman–Crippen MR) is 227 cm³/mol. The van der Waals surface area contributed by atoms with Crippen molar-refractivity contribution in [2.24, 2.45) is 0 Å². The Morgan fingerprint density at radius 3 is 0.981 bits per heavy atom. The zero-order valence-electron chi connectivity index (χ0n) is 28.7. The molecule has 2 aliphatic rings. The molecule has 1 heteroatoms. The Bertz CT molecular complexity index is 2950. The Morgan fingerprint density at radius 2 is 0.585 bits per heavy atom. The van der Waals surface area contributed by atoms with Gasteiger partial charge in [0.1, 0.15) is 0 Å². The molecule has 0 amide bonds. The van der Waals surface area contributed by atoms with E-state index in [0.29, 0.717) is 0 Å². The van der Waals surface area contributed by atoms with Crippen molar-refractivity contribution in [1.29, 1.82) is 0 Å². The van der Waals surface area contributed by atoms with Crippen LogP contribution in [-0.2, 0) is 0 Å². The fraction of sp³-hybridized carbons (Fsp3) is 0. The smallest absolute Gasteiger partial charge is 0.0286 e. The first kappa shape index (κ1) is 29.2. The molecule has 244 valence electrons. The molecule has 0 saturated carbocycles. The maximum absolute atomic E-state index is 2.35. The Balaban J connectivity index is 1.25. The summed E-state index contributed by atoms with van der Waals surface area (Å²) in [6.45, 7) is 0. The van der Waals surface area contributed by atoms with Gasteiger partial charge in [-0.05, 0) is 98.7 Å². The van der Waals surface area contributed by atoms with Crippen LogP contribution in [0.5, 0.6) is 0 Å². The molecule has 0 radical (unpaired) electrons. The lowest BCUT2D eigenvalue weighted by atomic mass is 9.88. The third kappa shape index (κ3) is 3.98. The summed E-state index contributed by atoms with van der Waals surface area (Å²) in [6, 6.07) is 67.6. The normalized spacial score (nSPS) is 12.2. The number of hydrogen-bond donors (Lipinski definition) is 0. The lowest BCUT2D eigenvalue weighted by Crippen LogP contribution is -1.95. The van der Waals surface area contributed by atoms with Crippen molar-refractivity contribution in [1.82, 2.24) is 0 Å². The summed E-state index contributed by atoms with van der Waals surface area (Å²) in [6.07, 6.45) is 0. The van der Waals surface area contributed by atoms with E-state index in [2.05, 4.69) is 182 Å². The van der Waals surface area contributed by atoms with Crippen LogP contribution in [0.15, 0.2) is 192 Å². The lowest BCUT2D eigenvalue weighted by Gasteiger charge is -2.23. The van der Waals surface area contributed by atoms with Gasteiger partial charge in [-0.25, -0.2) is 0 Å². The van der Waals surface area contributed by atoms with Crippen LogP contribution in [0.25, 0.3) is 110 Å². The quantitative estimate of drug-likeness (QED) is 0.178. The van der Waals surface area contributed by atoms with E-state index in [-0.39, 0.29) is 0 Å². The summed E-state index contributed by atoms with van der Waals surface area (Å²) in [5, 5.41) is 10.4. The summed E-state index contributed by atoms with van der Waals surface area (Å²) in [5.74, 6) is 0. The predicted octanol–water partition coefficient (Wildman–Crippen LogP) is 15.1. The average molecular weight is 687 g/mol. The van der Waals surface area contributed by atoms with Crippen LogP contribution in [0.1, 0.15) is 0 Å². The van der Waals surface area contributed by atoms with Gasteiger partial charge in [-0.3, -0.25) is 0 Å². The van der Waals surface area contributed by atoms with Crippen LogP contribution in [-0.4, -0.2) is 0 Å². The van der Waals surface area contributed by atoms with Crippen LogP contribution >= 0.6 is 11.8 Å². The maximum Gasteiger partial charge on any atom is 0.0286 e. The van der Waals surface area contributed by atoms with Gasteiger partial charge in [-0.2, -0.15) is 0 Å². The van der Waals surface area contributed by atoms with Crippen molar-refractivity contribution < 1.29 is 0 Å². The molecule has 10 aromatic carbocycles. The molecular weight excluding hydrogens is 657 g/mol. The fourth-order valence-corrected chi connectivity index (χ4v) is 10.9. The topological polar surface area (TPSA) is 0 Å². The van der Waals surface area contributed by atoms with E-state index in [9.17, 15) is 0 Å². The van der Waals surface area contributed by atoms with E-state index in [1.807, 2.05) is 11.8 Å². The lowest BCUT2D eigenvalue weighted by molar-refractivity contribution is 1.49. The second-order valence-corrected chi connectivity index (χ2v) is 15.3. The van der Waals surface area contributed by atoms with Crippen molar-refractivity contribution in [3.63, 3.8) is 0 Å². The molecule has 0 fully saturated rings. The molecule has 10 aromatic rings. The summed E-state index contributed by atoms with van der Waals surface area (Å²) in [7, 11) is 0. The van der Waals surface area contributed by atoms with Gasteiger partial charge in [0.15, 0.2) is 0 Å². The third-order valence-electron chi connectivity index (χ3n) is 11.6. The minimum absolute atomic E-state index is 1.25. The first-order chi connectivity index (χ1) is 26.3. The zero-order chi connectivity index (χ0) is 34.6. The van der Waals surface area contributed by atoms with Gasteiger partial charge >= 0.3 is 0 Å². The standard InChI is InChI=1S/C52H30S/c1-3-15-33(16-4-1)45-35-23-7-9-25-37(35)51(49-41-29-13-21-31-19-11-27-39(43(31)41)47(45)49)53-52-38-26-10-8-24-36(38)46(34-17-5-2-6-18-34)48-40-28-12-20-32-22-14-30-42(44(32)40)50(48)52/h1-30H. The van der Waals surface area contributed by atoms with E-state index < -0.39 is 0 Å². The minimum Gasteiger partial charge on any atom is -0.0874 e. The second-order valence-electron chi connectivity index (χ2n) is 14.3. The van der Waals surface area contributed by atoms with Crippen molar-refractivity contribution in [2.45, 2.75) is 9.79 Å². The third-order valence-corrected chi connectivity index (χ3v) is 12.8. The van der Waals surface area contributed by atoms with Gasteiger partial charge in [-0.15, -0.1) is 0 Å². The maximum atomic E-state index is 2.35. The van der Waals surface area contributed by atoms with Gasteiger partial charge in [-0.1, -0.05) is 194 Å². The average Bonchev–Trinajstić information content (AvgIpc) is 3.74. The Kier molecular flexibility index (Phi) is 6.08. The molecule has 0 spiro atoms. The molecule has 0 aromatic heterocycles. The minimum atomic E-state index is 1.25. The highest BCUT2D eigenvalue weighted by Crippen LogP contribution is 2.62. The molecular formula is C52H30S. The van der Waals surface area contributed by atoms with Crippen LogP contribution in [0.3, 0.4) is 0 Å². The first-order valence-electron chi connectivity index (χ1n) is 18.4. The summed E-state index contributed by atoms with van der Waals surface area (Å²) in [5.41, 5.74) is 15.8. The molecule has 0 unspecified atom stereocenters. The largest absolute Gasteiger partial charge is 0.0874 e. The molecule has 53 heavy (non-hydrogen) atoms. The van der Waals surface area contributed by atoms with Crippen molar-refractivity contribution in [3.8, 4) is 66.8 Å². The highest BCUT2D eigenvalue weighted by Gasteiger charge is 2.34. The van der Waals surface area contributed by atoms with E-state index in [4.69, 9.17) is 0 Å². The van der Waals surface area contributed by atoms with Gasteiger partial charge in [0, 0.05) is 20.9 Å². The fourth-order valence-electron chi connectivity index (χ4n) is 9.51. The van der Waals surface area contributed by atoms with E-state index in [1.165, 1.54) is 120 Å². The highest BCUT2D eigenvalue weighted by molar-refractivity contribution is 8.00. The highest BCUT2D eigenvalue weighted by atomic mass is 32.2. The number of fused-ring (bicyclic) bond motifs is 8. The van der Waals surface area contributed by atoms with E-state index >= 15 is 0 Å². The number of benzene rings is 10. The van der Waals surface area contributed by atoms with Crippen molar-refractivity contribution in [2.75, 3.05) is 0 Å². The molecule has 0 saturated heterocycles. The molecule has 0 bridgehead atoms. The molecule has 2 aliphatic carbocycles. The first-order valence-corrected chi connectivity index (χ1v) is 19.2. The molecule has 12 rings (SSSR count). The summed E-state index contributed by atoms with van der Waals surface area (Å²) < 4.78 is 0. The molecule has 0 heterocycles. The van der Waals surface area contributed by atoms with Gasteiger partial charge in [0.25, 0.3) is 0 Å². The van der Waals surface area contributed by atoms with Gasteiger partial charge in [0.05, 0.1) is 0 Å². The van der Waals surface area contributed by atoms with E-state index in [1.54, 1.807) is 0 Å². The van der Waals surface area contributed by atoms with Crippen LogP contribution < -0.4 is 0 Å². The number of rotatable bonds is 4. The molecule has 0 atom stereocenters. The Labute approximate surface area is 312 Å². The van der Waals surface area contributed by atoms with Crippen molar-refractivity contribution in [3.05, 3.63) is 182 Å². The van der Waals surface area contributed by atoms with Gasteiger partial charge < -0.3 is 0 Å². The van der Waals surface area contributed by atoms with Crippen LogP contribution in [0, 0.1) is 0 Å². The Morgan fingerprint density at radius 1 is 0.245 bits per heavy atom. The van der Waals surface area contributed by atoms with Gasteiger partial charge in [0.2, 0.25) is 0 Å².